The van der Waals surface area contributed by atoms with Crippen LogP contribution in [-0.2, 0) is 0 Å². The fraction of sp³-hybridized carbons (Fsp3) is 0.176. The number of rotatable bonds is 6. The number of benzene rings is 2. The van der Waals surface area contributed by atoms with E-state index in [1.165, 1.54) is 20.4 Å². The number of hydrazone groups is 1. The van der Waals surface area contributed by atoms with Crippen LogP contribution in [0.3, 0.4) is 0 Å². The lowest BCUT2D eigenvalue weighted by Crippen LogP contribution is -2.17. The zero-order valence-electron chi connectivity index (χ0n) is 13.2. The number of carbonyl (C=O) groups excluding carboxylic acids is 1. The average molecular weight is 314 g/mol. The maximum Gasteiger partial charge on any atom is 0.271 e. The van der Waals surface area contributed by atoms with Crippen LogP contribution in [0.1, 0.15) is 15.9 Å². The fourth-order valence-electron chi connectivity index (χ4n) is 1.89. The predicted octanol–water partition coefficient (Wildman–Crippen LogP) is 2.48. The summed E-state index contributed by atoms with van der Waals surface area (Å²) >= 11 is 0. The van der Waals surface area contributed by atoms with Crippen molar-refractivity contribution in [2.45, 2.75) is 0 Å². The lowest BCUT2D eigenvalue weighted by atomic mass is 10.2. The Morgan fingerprint density at radius 3 is 2.22 bits per heavy atom. The molecule has 120 valence electrons. The summed E-state index contributed by atoms with van der Waals surface area (Å²) in [5.41, 5.74) is 3.67. The number of carbonyl (C=O) groups is 1. The van der Waals surface area contributed by atoms with E-state index in [0.717, 1.165) is 11.3 Å². The highest BCUT2D eigenvalue weighted by Gasteiger charge is 2.09. The van der Waals surface area contributed by atoms with Gasteiger partial charge in [-0.05, 0) is 29.8 Å². The van der Waals surface area contributed by atoms with Gasteiger partial charge in [-0.25, -0.2) is 5.43 Å². The molecule has 2 rings (SSSR count). The van der Waals surface area contributed by atoms with Gasteiger partial charge in [0.05, 0.1) is 27.5 Å². The fourth-order valence-corrected chi connectivity index (χ4v) is 1.89. The highest BCUT2D eigenvalue weighted by molar-refractivity contribution is 5.95. The number of ether oxygens (including phenoxy) is 3. The van der Waals surface area contributed by atoms with Crippen LogP contribution < -0.4 is 19.6 Å². The van der Waals surface area contributed by atoms with E-state index in [0.29, 0.717) is 17.1 Å². The molecular formula is C17H18N2O4. The van der Waals surface area contributed by atoms with Crippen LogP contribution in [0, 0.1) is 0 Å². The molecule has 6 heteroatoms. The molecule has 0 aromatic heterocycles. The molecule has 2 aromatic rings. The Balaban J connectivity index is 2.08. The largest absolute Gasteiger partial charge is 0.497 e. The first-order chi connectivity index (χ1) is 11.2. The molecular weight excluding hydrogens is 296 g/mol. The van der Waals surface area contributed by atoms with Gasteiger partial charge in [-0.3, -0.25) is 4.79 Å². The average Bonchev–Trinajstić information content (AvgIpc) is 2.61. The molecule has 2 aromatic carbocycles. The van der Waals surface area contributed by atoms with E-state index in [1.54, 1.807) is 25.3 Å². The second-order valence-corrected chi connectivity index (χ2v) is 4.58. The molecule has 0 saturated carbocycles. The molecule has 6 nitrogen and oxygen atoms in total. The Hall–Kier alpha value is -3.02. The molecule has 0 aliphatic rings. The highest BCUT2D eigenvalue weighted by Crippen LogP contribution is 2.22. The van der Waals surface area contributed by atoms with Crippen molar-refractivity contribution in [2.24, 2.45) is 5.10 Å². The van der Waals surface area contributed by atoms with Crippen LogP contribution in [0.5, 0.6) is 17.2 Å². The summed E-state index contributed by atoms with van der Waals surface area (Å²) in [5.74, 6) is 1.43. The van der Waals surface area contributed by atoms with E-state index in [-0.39, 0.29) is 5.91 Å². The molecule has 0 unspecified atom stereocenters. The minimum absolute atomic E-state index is 0.360. The number of hydrogen-bond donors (Lipinski definition) is 1. The van der Waals surface area contributed by atoms with Crippen molar-refractivity contribution in [3.05, 3.63) is 53.6 Å². The van der Waals surface area contributed by atoms with Crippen LogP contribution in [-0.4, -0.2) is 33.5 Å². The van der Waals surface area contributed by atoms with Crippen LogP contribution in [0.25, 0.3) is 0 Å². The lowest BCUT2D eigenvalue weighted by molar-refractivity contribution is 0.0954. The summed E-state index contributed by atoms with van der Waals surface area (Å²) in [5, 5.41) is 3.94. The van der Waals surface area contributed by atoms with E-state index >= 15 is 0 Å². The lowest BCUT2D eigenvalue weighted by Gasteiger charge is -2.07. The van der Waals surface area contributed by atoms with Crippen molar-refractivity contribution in [3.8, 4) is 17.2 Å². The van der Waals surface area contributed by atoms with Crippen molar-refractivity contribution in [2.75, 3.05) is 21.3 Å². The van der Waals surface area contributed by atoms with Gasteiger partial charge in [-0.2, -0.15) is 5.10 Å². The topological polar surface area (TPSA) is 69.2 Å². The first kappa shape index (κ1) is 16.4. The normalized spacial score (nSPS) is 10.4. The Labute approximate surface area is 134 Å². The molecule has 1 amide bonds. The van der Waals surface area contributed by atoms with Gasteiger partial charge in [0.1, 0.15) is 17.2 Å². The van der Waals surface area contributed by atoms with Crippen LogP contribution in [0.15, 0.2) is 47.6 Å². The Bertz CT molecular complexity index is 691. The smallest absolute Gasteiger partial charge is 0.271 e. The summed E-state index contributed by atoms with van der Waals surface area (Å²) < 4.78 is 15.4. The van der Waals surface area contributed by atoms with Crippen molar-refractivity contribution in [1.29, 1.82) is 0 Å². The predicted molar refractivity (Wildman–Crippen MR) is 87.6 cm³/mol. The van der Waals surface area contributed by atoms with E-state index in [9.17, 15) is 4.79 Å². The van der Waals surface area contributed by atoms with Crippen molar-refractivity contribution < 1.29 is 19.0 Å². The summed E-state index contributed by atoms with van der Waals surface area (Å²) in [6.45, 7) is 0. The summed E-state index contributed by atoms with van der Waals surface area (Å²) in [7, 11) is 4.64. The van der Waals surface area contributed by atoms with Gasteiger partial charge in [-0.1, -0.05) is 12.1 Å². The second kappa shape index (κ2) is 7.84. The van der Waals surface area contributed by atoms with Gasteiger partial charge < -0.3 is 14.2 Å². The SMILES string of the molecule is COc1cccc(/C=N/NC(=O)c2cc(OC)cc(OC)c2)c1. The molecule has 0 atom stereocenters. The van der Waals surface area contributed by atoms with Gasteiger partial charge in [0, 0.05) is 11.6 Å². The molecule has 0 heterocycles. The summed E-state index contributed by atoms with van der Waals surface area (Å²) in [6, 6.07) is 12.2. The van der Waals surface area contributed by atoms with Gasteiger partial charge in [-0.15, -0.1) is 0 Å². The van der Waals surface area contributed by atoms with Gasteiger partial charge in [0.25, 0.3) is 5.91 Å². The van der Waals surface area contributed by atoms with E-state index < -0.39 is 0 Å². The van der Waals surface area contributed by atoms with Gasteiger partial charge in [0.2, 0.25) is 0 Å². The maximum atomic E-state index is 12.1. The molecule has 0 fully saturated rings. The minimum Gasteiger partial charge on any atom is -0.497 e. The third-order valence-electron chi connectivity index (χ3n) is 3.09. The van der Waals surface area contributed by atoms with Crippen molar-refractivity contribution in [1.82, 2.24) is 5.43 Å². The first-order valence-electron chi connectivity index (χ1n) is 6.87. The monoisotopic (exact) mass is 314 g/mol. The minimum atomic E-state index is -0.360. The van der Waals surface area contributed by atoms with Gasteiger partial charge >= 0.3 is 0 Å². The van der Waals surface area contributed by atoms with Crippen LogP contribution in [0.2, 0.25) is 0 Å². The van der Waals surface area contributed by atoms with Crippen molar-refractivity contribution in [3.63, 3.8) is 0 Å². The highest BCUT2D eigenvalue weighted by atomic mass is 16.5. The summed E-state index contributed by atoms with van der Waals surface area (Å²) in [6.07, 6.45) is 1.54. The van der Waals surface area contributed by atoms with Crippen molar-refractivity contribution >= 4 is 12.1 Å². The summed E-state index contributed by atoms with van der Waals surface area (Å²) in [4.78, 5) is 12.1. The van der Waals surface area contributed by atoms with E-state index in [1.807, 2.05) is 24.3 Å². The zero-order valence-corrected chi connectivity index (χ0v) is 13.2. The second-order valence-electron chi connectivity index (χ2n) is 4.58. The molecule has 0 saturated heterocycles. The third-order valence-corrected chi connectivity index (χ3v) is 3.09. The first-order valence-corrected chi connectivity index (χ1v) is 6.87. The molecule has 0 aliphatic carbocycles. The third kappa shape index (κ3) is 4.47. The molecule has 0 spiro atoms. The molecule has 1 N–H and O–H groups in total. The molecule has 0 bridgehead atoms. The van der Waals surface area contributed by atoms with E-state index in [2.05, 4.69) is 10.5 Å². The van der Waals surface area contributed by atoms with Crippen LogP contribution >= 0.6 is 0 Å². The number of hydrogen-bond acceptors (Lipinski definition) is 5. The Morgan fingerprint density at radius 1 is 0.957 bits per heavy atom. The molecule has 0 aliphatic heterocycles. The number of nitrogens with one attached hydrogen (secondary N) is 1. The number of amides is 1. The number of nitrogens with zero attached hydrogens (tertiary/aromatic N) is 1. The Morgan fingerprint density at radius 2 is 1.61 bits per heavy atom. The standard InChI is InChI=1S/C17H18N2O4/c1-21-14-6-4-5-12(7-14)11-18-19-17(20)13-8-15(22-2)10-16(9-13)23-3/h4-11H,1-3H3,(H,19,20)/b18-11+. The maximum absolute atomic E-state index is 12.1. The number of methoxy groups -OCH3 is 3. The zero-order chi connectivity index (χ0) is 16.7. The van der Waals surface area contributed by atoms with Gasteiger partial charge in [0.15, 0.2) is 0 Å². The van der Waals surface area contributed by atoms with Crippen LogP contribution in [0.4, 0.5) is 0 Å². The quantitative estimate of drug-likeness (QED) is 0.657. The molecule has 23 heavy (non-hydrogen) atoms. The Kier molecular flexibility index (Phi) is 5.57. The molecule has 0 radical (unpaired) electrons. The van der Waals surface area contributed by atoms with E-state index in [4.69, 9.17) is 14.2 Å².